The molecule has 0 saturated carbocycles. The minimum Gasteiger partial charge on any atom is -0.493 e. The van der Waals surface area contributed by atoms with Crippen molar-refractivity contribution in [3.63, 3.8) is 0 Å². The highest BCUT2D eigenvalue weighted by atomic mass is 16.5. The molecule has 0 aliphatic carbocycles. The summed E-state index contributed by atoms with van der Waals surface area (Å²) in [5, 5.41) is 0. The first-order chi connectivity index (χ1) is 8.72. The standard InChI is InChI=1S/C14H19NO3/c1-15-6-5-12(8-15)10-18-14-7-11(9-16)3-4-13(14)17-2/h3-4,7,9,12H,5-6,8,10H2,1-2H3. The maximum atomic E-state index is 10.8. The quantitative estimate of drug-likeness (QED) is 0.746. The molecule has 1 fully saturated rings. The molecule has 1 aliphatic heterocycles. The second-order valence-electron chi connectivity index (χ2n) is 4.76. The fourth-order valence-corrected chi connectivity index (χ4v) is 2.25. The lowest BCUT2D eigenvalue weighted by molar-refractivity contribution is 0.112. The minimum absolute atomic E-state index is 0.555. The number of ether oxygens (including phenoxy) is 2. The average molecular weight is 249 g/mol. The summed E-state index contributed by atoms with van der Waals surface area (Å²) in [6.07, 6.45) is 1.97. The van der Waals surface area contributed by atoms with Gasteiger partial charge in [0.05, 0.1) is 13.7 Å². The van der Waals surface area contributed by atoms with Crippen LogP contribution in [-0.4, -0.2) is 45.0 Å². The highest BCUT2D eigenvalue weighted by Gasteiger charge is 2.20. The summed E-state index contributed by atoms with van der Waals surface area (Å²) in [7, 11) is 3.72. The van der Waals surface area contributed by atoms with Gasteiger partial charge in [0.1, 0.15) is 6.29 Å². The lowest BCUT2D eigenvalue weighted by atomic mass is 10.1. The molecule has 1 aromatic rings. The van der Waals surface area contributed by atoms with E-state index in [2.05, 4.69) is 11.9 Å². The van der Waals surface area contributed by atoms with Gasteiger partial charge in [-0.1, -0.05) is 0 Å². The van der Waals surface area contributed by atoms with Gasteiger partial charge in [0.15, 0.2) is 11.5 Å². The second-order valence-corrected chi connectivity index (χ2v) is 4.76. The third kappa shape index (κ3) is 3.01. The van der Waals surface area contributed by atoms with E-state index in [1.165, 1.54) is 0 Å². The molecule has 1 aromatic carbocycles. The van der Waals surface area contributed by atoms with Gasteiger partial charge in [0, 0.05) is 18.0 Å². The molecule has 18 heavy (non-hydrogen) atoms. The number of carbonyl (C=O) groups is 1. The minimum atomic E-state index is 0.555. The summed E-state index contributed by atoms with van der Waals surface area (Å²) in [4.78, 5) is 13.1. The van der Waals surface area contributed by atoms with Crippen molar-refractivity contribution in [2.45, 2.75) is 6.42 Å². The van der Waals surface area contributed by atoms with Gasteiger partial charge in [0.25, 0.3) is 0 Å². The summed E-state index contributed by atoms with van der Waals surface area (Å²) in [6, 6.07) is 5.21. The Hall–Kier alpha value is -1.55. The molecule has 98 valence electrons. The van der Waals surface area contributed by atoms with E-state index in [4.69, 9.17) is 9.47 Å². The lowest BCUT2D eigenvalue weighted by Gasteiger charge is -2.14. The van der Waals surface area contributed by atoms with Crippen LogP contribution >= 0.6 is 0 Å². The largest absolute Gasteiger partial charge is 0.493 e. The van der Waals surface area contributed by atoms with E-state index in [1.54, 1.807) is 25.3 Å². The van der Waals surface area contributed by atoms with Crippen LogP contribution in [0.2, 0.25) is 0 Å². The summed E-state index contributed by atoms with van der Waals surface area (Å²) in [6.45, 7) is 2.86. The Balaban J connectivity index is 2.00. The molecular formula is C14H19NO3. The van der Waals surface area contributed by atoms with Crippen molar-refractivity contribution in [2.75, 3.05) is 33.9 Å². The molecule has 0 spiro atoms. The normalized spacial score (nSPS) is 19.8. The molecule has 0 bridgehead atoms. The monoisotopic (exact) mass is 249 g/mol. The van der Waals surface area contributed by atoms with Crippen LogP contribution in [0, 0.1) is 5.92 Å². The van der Waals surface area contributed by atoms with Gasteiger partial charge in [-0.05, 0) is 38.2 Å². The molecule has 1 heterocycles. The number of benzene rings is 1. The fraction of sp³-hybridized carbons (Fsp3) is 0.500. The highest BCUT2D eigenvalue weighted by molar-refractivity contribution is 5.76. The molecule has 1 aliphatic rings. The predicted octanol–water partition coefficient (Wildman–Crippen LogP) is 1.84. The first kappa shape index (κ1) is 12.9. The van der Waals surface area contributed by atoms with Gasteiger partial charge >= 0.3 is 0 Å². The molecule has 1 unspecified atom stereocenters. The van der Waals surface area contributed by atoms with Crippen LogP contribution < -0.4 is 9.47 Å². The van der Waals surface area contributed by atoms with Crippen LogP contribution in [0.4, 0.5) is 0 Å². The van der Waals surface area contributed by atoms with Crippen LogP contribution in [0.15, 0.2) is 18.2 Å². The van der Waals surface area contributed by atoms with Crippen LogP contribution in [0.3, 0.4) is 0 Å². The summed E-state index contributed by atoms with van der Waals surface area (Å²) in [5.74, 6) is 1.88. The average Bonchev–Trinajstić information content (AvgIpc) is 2.81. The van der Waals surface area contributed by atoms with Gasteiger partial charge in [-0.25, -0.2) is 0 Å². The van der Waals surface area contributed by atoms with Gasteiger partial charge in [-0.3, -0.25) is 4.79 Å². The van der Waals surface area contributed by atoms with E-state index < -0.39 is 0 Å². The number of likely N-dealkylation sites (tertiary alicyclic amines) is 1. The molecular weight excluding hydrogens is 230 g/mol. The molecule has 2 rings (SSSR count). The molecule has 1 saturated heterocycles. The molecule has 0 aromatic heterocycles. The molecule has 1 atom stereocenters. The maximum absolute atomic E-state index is 10.8. The van der Waals surface area contributed by atoms with Crippen LogP contribution in [0.1, 0.15) is 16.8 Å². The Morgan fingerprint density at radius 1 is 1.44 bits per heavy atom. The first-order valence-electron chi connectivity index (χ1n) is 6.17. The van der Waals surface area contributed by atoms with E-state index >= 15 is 0 Å². The number of hydrogen-bond donors (Lipinski definition) is 0. The smallest absolute Gasteiger partial charge is 0.161 e. The topological polar surface area (TPSA) is 38.8 Å². The summed E-state index contributed by atoms with van der Waals surface area (Å²) >= 11 is 0. The van der Waals surface area contributed by atoms with Crippen molar-refractivity contribution in [1.82, 2.24) is 4.90 Å². The first-order valence-corrected chi connectivity index (χ1v) is 6.17. The zero-order valence-corrected chi connectivity index (χ0v) is 10.9. The van der Waals surface area contributed by atoms with E-state index in [0.717, 1.165) is 25.8 Å². The molecule has 0 N–H and O–H groups in total. The number of methoxy groups -OCH3 is 1. The summed E-state index contributed by atoms with van der Waals surface area (Å²) < 4.78 is 11.0. The summed E-state index contributed by atoms with van der Waals surface area (Å²) in [5.41, 5.74) is 0.606. The van der Waals surface area contributed by atoms with Crippen molar-refractivity contribution in [2.24, 2.45) is 5.92 Å². The Labute approximate surface area is 107 Å². The van der Waals surface area contributed by atoms with Gasteiger partial charge in [-0.2, -0.15) is 0 Å². The Kier molecular flexibility index (Phi) is 4.20. The van der Waals surface area contributed by atoms with E-state index in [-0.39, 0.29) is 0 Å². The predicted molar refractivity (Wildman–Crippen MR) is 69.5 cm³/mol. The van der Waals surface area contributed by atoms with E-state index in [9.17, 15) is 4.79 Å². The molecule has 4 heteroatoms. The number of aldehydes is 1. The lowest BCUT2D eigenvalue weighted by Crippen LogP contribution is -2.18. The Morgan fingerprint density at radius 2 is 2.28 bits per heavy atom. The Bertz CT molecular complexity index is 420. The van der Waals surface area contributed by atoms with Gasteiger partial charge in [0.2, 0.25) is 0 Å². The Morgan fingerprint density at radius 3 is 2.89 bits per heavy atom. The van der Waals surface area contributed by atoms with Crippen LogP contribution in [-0.2, 0) is 0 Å². The number of rotatable bonds is 5. The van der Waals surface area contributed by atoms with Crippen molar-refractivity contribution in [1.29, 1.82) is 0 Å². The molecule has 4 nitrogen and oxygen atoms in total. The van der Waals surface area contributed by atoms with Gasteiger partial charge < -0.3 is 14.4 Å². The van der Waals surface area contributed by atoms with Gasteiger partial charge in [-0.15, -0.1) is 0 Å². The van der Waals surface area contributed by atoms with Crippen LogP contribution in [0.5, 0.6) is 11.5 Å². The molecule has 0 radical (unpaired) electrons. The number of nitrogens with zero attached hydrogens (tertiary/aromatic N) is 1. The van der Waals surface area contributed by atoms with Crippen LogP contribution in [0.25, 0.3) is 0 Å². The van der Waals surface area contributed by atoms with E-state index in [1.807, 2.05) is 0 Å². The van der Waals surface area contributed by atoms with Crippen molar-refractivity contribution >= 4 is 6.29 Å². The second kappa shape index (κ2) is 5.87. The van der Waals surface area contributed by atoms with Crippen molar-refractivity contribution in [3.8, 4) is 11.5 Å². The zero-order chi connectivity index (χ0) is 13.0. The third-order valence-electron chi connectivity index (χ3n) is 3.29. The zero-order valence-electron chi connectivity index (χ0n) is 10.9. The number of hydrogen-bond acceptors (Lipinski definition) is 4. The fourth-order valence-electron chi connectivity index (χ4n) is 2.25. The van der Waals surface area contributed by atoms with E-state index in [0.29, 0.717) is 29.6 Å². The third-order valence-corrected chi connectivity index (χ3v) is 3.29. The number of carbonyl (C=O) groups excluding carboxylic acids is 1. The van der Waals surface area contributed by atoms with Crippen molar-refractivity contribution in [3.05, 3.63) is 23.8 Å². The van der Waals surface area contributed by atoms with Crippen molar-refractivity contribution < 1.29 is 14.3 Å². The maximum Gasteiger partial charge on any atom is 0.161 e. The highest BCUT2D eigenvalue weighted by Crippen LogP contribution is 2.28. The molecule has 0 amide bonds. The SMILES string of the molecule is COc1ccc(C=O)cc1OCC1CCN(C)C1.